The standard InChI is InChI=1S/C12H14Cl2N2O4/c1-19-11(17)4-5-15-12(18)16-7-20-10-3-2-8(13)6-9(10)14/h2-3,6H,4-5,7H2,1H3,(H2,15,16,18). The fourth-order valence-electron chi connectivity index (χ4n) is 1.21. The van der Waals surface area contributed by atoms with Gasteiger partial charge in [0.05, 0.1) is 18.6 Å². The average Bonchev–Trinajstić information content (AvgIpc) is 2.41. The van der Waals surface area contributed by atoms with E-state index in [-0.39, 0.29) is 19.7 Å². The van der Waals surface area contributed by atoms with Crippen LogP contribution in [0.5, 0.6) is 5.75 Å². The van der Waals surface area contributed by atoms with E-state index >= 15 is 0 Å². The van der Waals surface area contributed by atoms with E-state index in [4.69, 9.17) is 27.9 Å². The van der Waals surface area contributed by atoms with Gasteiger partial charge >= 0.3 is 12.0 Å². The first-order valence-corrected chi connectivity index (χ1v) is 6.45. The van der Waals surface area contributed by atoms with Gasteiger partial charge in [0.2, 0.25) is 0 Å². The number of ether oxygens (including phenoxy) is 2. The number of esters is 1. The van der Waals surface area contributed by atoms with E-state index in [1.54, 1.807) is 12.1 Å². The molecule has 6 nitrogen and oxygen atoms in total. The number of urea groups is 1. The predicted molar refractivity (Wildman–Crippen MR) is 75.1 cm³/mol. The van der Waals surface area contributed by atoms with E-state index in [9.17, 15) is 9.59 Å². The van der Waals surface area contributed by atoms with Gasteiger partial charge in [-0.2, -0.15) is 0 Å². The Balaban J connectivity index is 2.23. The highest BCUT2D eigenvalue weighted by Crippen LogP contribution is 2.27. The summed E-state index contributed by atoms with van der Waals surface area (Å²) in [6.45, 7) is 0.117. The van der Waals surface area contributed by atoms with Gasteiger partial charge in [0, 0.05) is 11.6 Å². The summed E-state index contributed by atoms with van der Waals surface area (Å²) in [6.07, 6.45) is 0.105. The van der Waals surface area contributed by atoms with Crippen LogP contribution in [0.25, 0.3) is 0 Å². The molecule has 0 heterocycles. The summed E-state index contributed by atoms with van der Waals surface area (Å²) < 4.78 is 9.69. The second-order valence-corrected chi connectivity index (χ2v) is 4.47. The SMILES string of the molecule is COC(=O)CCNC(=O)NCOc1ccc(Cl)cc1Cl. The minimum atomic E-state index is -0.459. The number of amides is 2. The van der Waals surface area contributed by atoms with Gasteiger partial charge in [-0.15, -0.1) is 0 Å². The Labute approximate surface area is 126 Å². The van der Waals surface area contributed by atoms with Crippen molar-refractivity contribution in [2.75, 3.05) is 20.4 Å². The molecular weight excluding hydrogens is 307 g/mol. The lowest BCUT2D eigenvalue weighted by Gasteiger charge is -2.10. The van der Waals surface area contributed by atoms with E-state index in [1.807, 2.05) is 0 Å². The fourth-order valence-corrected chi connectivity index (χ4v) is 1.68. The summed E-state index contributed by atoms with van der Waals surface area (Å²) in [5.41, 5.74) is 0. The van der Waals surface area contributed by atoms with Gasteiger partial charge in [0.1, 0.15) is 5.75 Å². The molecule has 0 spiro atoms. The van der Waals surface area contributed by atoms with Crippen molar-refractivity contribution in [3.8, 4) is 5.75 Å². The van der Waals surface area contributed by atoms with Crippen LogP contribution < -0.4 is 15.4 Å². The third-order valence-electron chi connectivity index (χ3n) is 2.20. The van der Waals surface area contributed by atoms with Crippen LogP contribution in [-0.4, -0.2) is 32.4 Å². The molecule has 8 heteroatoms. The Hall–Kier alpha value is -1.66. The average molecular weight is 321 g/mol. The van der Waals surface area contributed by atoms with Crippen LogP contribution in [0.1, 0.15) is 6.42 Å². The highest BCUT2D eigenvalue weighted by Gasteiger charge is 2.05. The zero-order chi connectivity index (χ0) is 15.0. The zero-order valence-electron chi connectivity index (χ0n) is 10.7. The molecule has 0 radical (unpaired) electrons. The van der Waals surface area contributed by atoms with Crippen LogP contribution in [0.2, 0.25) is 10.0 Å². The Morgan fingerprint density at radius 1 is 1.25 bits per heavy atom. The van der Waals surface area contributed by atoms with Crippen LogP contribution in [0.15, 0.2) is 18.2 Å². The Bertz CT molecular complexity index is 483. The molecule has 2 amide bonds. The maximum atomic E-state index is 11.3. The number of methoxy groups -OCH3 is 1. The van der Waals surface area contributed by atoms with Gasteiger partial charge in [-0.3, -0.25) is 4.79 Å². The minimum Gasteiger partial charge on any atom is -0.472 e. The molecule has 0 aromatic heterocycles. The summed E-state index contributed by atoms with van der Waals surface area (Å²) in [5.74, 6) is 0.0143. The first-order chi connectivity index (χ1) is 9.52. The van der Waals surface area contributed by atoms with Gasteiger partial charge in [-0.05, 0) is 18.2 Å². The molecule has 0 atom stereocenters. The molecular formula is C12H14Cl2N2O4. The zero-order valence-corrected chi connectivity index (χ0v) is 12.3. The summed E-state index contributed by atoms with van der Waals surface area (Å²) in [4.78, 5) is 22.1. The Morgan fingerprint density at radius 3 is 2.65 bits per heavy atom. The van der Waals surface area contributed by atoms with Crippen molar-refractivity contribution >= 4 is 35.2 Å². The molecule has 0 unspecified atom stereocenters. The van der Waals surface area contributed by atoms with Crippen LogP contribution in [0.4, 0.5) is 4.79 Å². The monoisotopic (exact) mass is 320 g/mol. The van der Waals surface area contributed by atoms with E-state index in [0.717, 1.165) is 0 Å². The molecule has 0 aliphatic heterocycles. The Morgan fingerprint density at radius 2 is 2.00 bits per heavy atom. The summed E-state index contributed by atoms with van der Waals surface area (Å²) >= 11 is 11.6. The molecule has 0 saturated carbocycles. The molecule has 2 N–H and O–H groups in total. The fraction of sp³-hybridized carbons (Fsp3) is 0.333. The third kappa shape index (κ3) is 5.99. The van der Waals surface area contributed by atoms with Crippen molar-refractivity contribution in [3.05, 3.63) is 28.2 Å². The molecule has 1 aromatic carbocycles. The molecule has 1 aromatic rings. The van der Waals surface area contributed by atoms with Gasteiger partial charge in [-0.25, -0.2) is 4.79 Å². The molecule has 0 aliphatic rings. The number of nitrogens with one attached hydrogen (secondary N) is 2. The smallest absolute Gasteiger partial charge is 0.317 e. The Kier molecular flexibility index (Phi) is 6.97. The van der Waals surface area contributed by atoms with E-state index in [1.165, 1.54) is 13.2 Å². The highest BCUT2D eigenvalue weighted by molar-refractivity contribution is 6.35. The van der Waals surface area contributed by atoms with Crippen LogP contribution >= 0.6 is 23.2 Å². The van der Waals surface area contributed by atoms with E-state index in [2.05, 4.69) is 15.4 Å². The molecule has 1 rings (SSSR count). The molecule has 110 valence electrons. The quantitative estimate of drug-likeness (QED) is 0.622. The summed E-state index contributed by atoms with van der Waals surface area (Å²) in [7, 11) is 1.28. The lowest BCUT2D eigenvalue weighted by atomic mass is 10.3. The van der Waals surface area contributed by atoms with Gasteiger partial charge in [0.25, 0.3) is 0 Å². The van der Waals surface area contributed by atoms with Gasteiger partial charge in [-0.1, -0.05) is 23.2 Å². The number of rotatable bonds is 6. The largest absolute Gasteiger partial charge is 0.472 e. The number of hydrogen-bond acceptors (Lipinski definition) is 4. The van der Waals surface area contributed by atoms with Crippen molar-refractivity contribution in [1.29, 1.82) is 0 Å². The lowest BCUT2D eigenvalue weighted by molar-refractivity contribution is -0.140. The second-order valence-electron chi connectivity index (χ2n) is 3.62. The second kappa shape index (κ2) is 8.50. The number of benzene rings is 1. The maximum absolute atomic E-state index is 11.3. The molecule has 0 aliphatic carbocycles. The number of carbonyl (C=O) groups excluding carboxylic acids is 2. The minimum absolute atomic E-state index is 0.0641. The lowest BCUT2D eigenvalue weighted by Crippen LogP contribution is -2.38. The van der Waals surface area contributed by atoms with Crippen LogP contribution in [0.3, 0.4) is 0 Å². The van der Waals surface area contributed by atoms with Crippen LogP contribution in [-0.2, 0) is 9.53 Å². The van der Waals surface area contributed by atoms with Crippen LogP contribution in [0, 0.1) is 0 Å². The maximum Gasteiger partial charge on any atom is 0.317 e. The third-order valence-corrected chi connectivity index (χ3v) is 2.73. The topological polar surface area (TPSA) is 76.7 Å². The number of hydrogen-bond donors (Lipinski definition) is 2. The summed E-state index contributed by atoms with van der Waals surface area (Å²) in [6, 6.07) is 4.30. The normalized spacial score (nSPS) is 9.75. The summed E-state index contributed by atoms with van der Waals surface area (Å²) in [5, 5.41) is 5.77. The highest BCUT2D eigenvalue weighted by atomic mass is 35.5. The van der Waals surface area contributed by atoms with E-state index < -0.39 is 12.0 Å². The number of halogens is 2. The van der Waals surface area contributed by atoms with Crippen molar-refractivity contribution in [2.45, 2.75) is 6.42 Å². The van der Waals surface area contributed by atoms with Gasteiger partial charge in [0.15, 0.2) is 6.73 Å². The van der Waals surface area contributed by atoms with Gasteiger partial charge < -0.3 is 20.1 Å². The molecule has 0 saturated heterocycles. The first kappa shape index (κ1) is 16.4. The number of carbonyl (C=O) groups is 2. The van der Waals surface area contributed by atoms with Crippen molar-refractivity contribution in [3.63, 3.8) is 0 Å². The predicted octanol–water partition coefficient (Wildman–Crippen LogP) is 2.19. The molecule has 0 bridgehead atoms. The van der Waals surface area contributed by atoms with Crippen molar-refractivity contribution < 1.29 is 19.1 Å². The molecule has 0 fully saturated rings. The first-order valence-electron chi connectivity index (χ1n) is 5.69. The van der Waals surface area contributed by atoms with E-state index in [0.29, 0.717) is 15.8 Å². The molecule has 20 heavy (non-hydrogen) atoms. The van der Waals surface area contributed by atoms with Crippen molar-refractivity contribution in [2.24, 2.45) is 0 Å². The van der Waals surface area contributed by atoms with Crippen molar-refractivity contribution in [1.82, 2.24) is 10.6 Å².